The number of nitrogens with zero attached hydrogens (tertiary/aromatic N) is 1. The lowest BCUT2D eigenvalue weighted by molar-refractivity contribution is -0.884. The zero-order valence-electron chi connectivity index (χ0n) is 9.63. The molecule has 3 heteroatoms. The summed E-state index contributed by atoms with van der Waals surface area (Å²) in [4.78, 5) is 0. The Morgan fingerprint density at radius 1 is 1.00 bits per heavy atom. The van der Waals surface area contributed by atoms with Crippen LogP contribution in [0.1, 0.15) is 11.1 Å². The topological polar surface area (TPSA) is 0 Å². The molecular formula is C12H19BrClN. The van der Waals surface area contributed by atoms with E-state index in [0.29, 0.717) is 0 Å². The van der Waals surface area contributed by atoms with Crippen LogP contribution in [0.5, 0.6) is 0 Å². The first-order valence-electron chi connectivity index (χ1n) is 4.95. The Labute approximate surface area is 108 Å². The van der Waals surface area contributed by atoms with Crippen molar-refractivity contribution in [3.8, 4) is 0 Å². The molecule has 15 heavy (non-hydrogen) atoms. The highest BCUT2D eigenvalue weighted by atomic mass is 79.9. The third kappa shape index (κ3) is 6.18. The number of rotatable bonds is 4. The van der Waals surface area contributed by atoms with Crippen LogP contribution < -0.4 is 12.4 Å². The van der Waals surface area contributed by atoms with E-state index >= 15 is 0 Å². The number of hydrogen-bond acceptors (Lipinski definition) is 0. The van der Waals surface area contributed by atoms with Gasteiger partial charge in [0, 0.05) is 10.9 Å². The summed E-state index contributed by atoms with van der Waals surface area (Å²) in [5.74, 6) is 0. The van der Waals surface area contributed by atoms with Crippen molar-refractivity contribution in [2.75, 3.05) is 26.5 Å². The maximum Gasteiger partial charge on any atom is 0.104 e. The molecule has 0 unspecified atom stereocenters. The van der Waals surface area contributed by atoms with Crippen LogP contribution in [-0.2, 0) is 13.0 Å². The van der Waals surface area contributed by atoms with Gasteiger partial charge in [-0.2, -0.15) is 0 Å². The molecule has 0 bridgehead atoms. The van der Waals surface area contributed by atoms with Crippen LogP contribution in [-0.4, -0.2) is 31.0 Å². The second-order valence-corrected chi connectivity index (χ2v) is 5.50. The second-order valence-electron chi connectivity index (χ2n) is 4.70. The first-order valence-corrected chi connectivity index (χ1v) is 6.08. The van der Waals surface area contributed by atoms with E-state index in [1.54, 1.807) is 0 Å². The summed E-state index contributed by atoms with van der Waals surface area (Å²) < 4.78 is 0.984. The molecule has 1 aromatic rings. The largest absolute Gasteiger partial charge is 1.00 e. The van der Waals surface area contributed by atoms with Crippen LogP contribution in [0.25, 0.3) is 0 Å². The van der Waals surface area contributed by atoms with Gasteiger partial charge in [-0.3, -0.25) is 0 Å². The lowest BCUT2D eigenvalue weighted by atomic mass is 10.1. The summed E-state index contributed by atoms with van der Waals surface area (Å²) in [6.07, 6.45) is 1.12. The minimum absolute atomic E-state index is 0. The van der Waals surface area contributed by atoms with E-state index in [0.717, 1.165) is 22.8 Å². The minimum atomic E-state index is 0. The van der Waals surface area contributed by atoms with Crippen LogP contribution in [0.4, 0.5) is 0 Å². The van der Waals surface area contributed by atoms with Gasteiger partial charge in [-0.25, -0.2) is 0 Å². The molecule has 0 radical (unpaired) electrons. The van der Waals surface area contributed by atoms with Gasteiger partial charge in [-0.1, -0.05) is 40.2 Å². The summed E-state index contributed by atoms with van der Waals surface area (Å²) in [5, 5.41) is 1.04. The molecule has 0 amide bonds. The molecule has 1 aromatic carbocycles. The molecule has 0 aliphatic rings. The smallest absolute Gasteiger partial charge is 0.104 e. The molecule has 0 aromatic heterocycles. The molecule has 86 valence electrons. The third-order valence-corrected chi connectivity index (χ3v) is 2.46. The molecule has 0 fully saturated rings. The van der Waals surface area contributed by atoms with E-state index < -0.39 is 0 Å². The van der Waals surface area contributed by atoms with Gasteiger partial charge in [-0.05, 0) is 12.0 Å². The van der Waals surface area contributed by atoms with Crippen molar-refractivity contribution in [2.45, 2.75) is 13.0 Å². The number of alkyl halides is 1. The number of quaternary nitrogens is 1. The highest BCUT2D eigenvalue weighted by molar-refractivity contribution is 9.09. The zero-order valence-corrected chi connectivity index (χ0v) is 12.0. The lowest BCUT2D eigenvalue weighted by Gasteiger charge is -2.23. The average molecular weight is 293 g/mol. The molecule has 0 saturated carbocycles. The Hall–Kier alpha value is -0.0500. The van der Waals surface area contributed by atoms with Crippen molar-refractivity contribution in [1.82, 2.24) is 0 Å². The standard InChI is InChI=1S/C12H19BrN.ClH/c1-14(2,3)10-12-6-4-11(5-7-12)8-9-13;/h4-7H,8-10H2,1-3H3;1H/q+1;/p-1. The molecule has 1 rings (SSSR count). The normalized spacial score (nSPS) is 10.9. The van der Waals surface area contributed by atoms with E-state index in [4.69, 9.17) is 0 Å². The van der Waals surface area contributed by atoms with Gasteiger partial charge in [-0.15, -0.1) is 0 Å². The Bertz CT molecular complexity index is 277. The van der Waals surface area contributed by atoms with Gasteiger partial charge in [0.1, 0.15) is 6.54 Å². The summed E-state index contributed by atoms with van der Waals surface area (Å²) in [6, 6.07) is 8.93. The van der Waals surface area contributed by atoms with Gasteiger partial charge in [0.2, 0.25) is 0 Å². The third-order valence-electron chi connectivity index (χ3n) is 2.06. The summed E-state index contributed by atoms with van der Waals surface area (Å²) in [6.45, 7) is 1.09. The minimum Gasteiger partial charge on any atom is -1.00 e. The van der Waals surface area contributed by atoms with Gasteiger partial charge >= 0.3 is 0 Å². The van der Waals surface area contributed by atoms with Gasteiger partial charge < -0.3 is 16.9 Å². The molecule has 0 saturated heterocycles. The molecule has 0 aliphatic heterocycles. The van der Waals surface area contributed by atoms with Crippen molar-refractivity contribution in [2.24, 2.45) is 0 Å². The lowest BCUT2D eigenvalue weighted by Crippen LogP contribution is -3.00. The monoisotopic (exact) mass is 291 g/mol. The number of hydrogen-bond donors (Lipinski definition) is 0. The highest BCUT2D eigenvalue weighted by Gasteiger charge is 2.07. The summed E-state index contributed by atoms with van der Waals surface area (Å²) in [5.41, 5.74) is 2.82. The van der Waals surface area contributed by atoms with Crippen molar-refractivity contribution >= 4 is 15.9 Å². The first kappa shape index (κ1) is 14.9. The van der Waals surface area contributed by atoms with E-state index in [2.05, 4.69) is 61.3 Å². The van der Waals surface area contributed by atoms with E-state index in [9.17, 15) is 0 Å². The van der Waals surface area contributed by atoms with Crippen molar-refractivity contribution in [3.63, 3.8) is 0 Å². The van der Waals surface area contributed by atoms with E-state index in [-0.39, 0.29) is 12.4 Å². The average Bonchev–Trinajstić information content (AvgIpc) is 2.06. The molecular weight excluding hydrogens is 273 g/mol. The SMILES string of the molecule is C[N+](C)(C)Cc1ccc(CCBr)cc1.[Cl-]. The van der Waals surface area contributed by atoms with Gasteiger partial charge in [0.15, 0.2) is 0 Å². The van der Waals surface area contributed by atoms with Gasteiger partial charge in [0.05, 0.1) is 21.1 Å². The Morgan fingerprint density at radius 3 is 1.87 bits per heavy atom. The molecule has 0 aliphatic carbocycles. The molecule has 0 atom stereocenters. The summed E-state index contributed by atoms with van der Waals surface area (Å²) >= 11 is 3.45. The number of aryl methyl sites for hydroxylation is 1. The zero-order chi connectivity index (χ0) is 10.6. The molecule has 0 spiro atoms. The Kier molecular flexibility index (Phi) is 6.49. The number of benzene rings is 1. The fourth-order valence-corrected chi connectivity index (χ4v) is 1.93. The first-order chi connectivity index (χ1) is 6.51. The van der Waals surface area contributed by atoms with Gasteiger partial charge in [0.25, 0.3) is 0 Å². The molecule has 1 nitrogen and oxygen atoms in total. The summed E-state index contributed by atoms with van der Waals surface area (Å²) in [7, 11) is 6.64. The van der Waals surface area contributed by atoms with E-state index in [1.165, 1.54) is 11.1 Å². The predicted octanol–water partition coefficient (Wildman–Crippen LogP) is -0.166. The van der Waals surface area contributed by atoms with Crippen molar-refractivity contribution in [3.05, 3.63) is 35.4 Å². The van der Waals surface area contributed by atoms with Crippen LogP contribution in [0.2, 0.25) is 0 Å². The second kappa shape index (κ2) is 6.51. The van der Waals surface area contributed by atoms with Crippen LogP contribution in [0.15, 0.2) is 24.3 Å². The maximum atomic E-state index is 3.45. The molecule has 0 heterocycles. The van der Waals surface area contributed by atoms with Crippen LogP contribution >= 0.6 is 15.9 Å². The van der Waals surface area contributed by atoms with Crippen LogP contribution in [0.3, 0.4) is 0 Å². The maximum absolute atomic E-state index is 3.45. The fourth-order valence-electron chi connectivity index (χ4n) is 1.47. The van der Waals surface area contributed by atoms with E-state index in [1.807, 2.05) is 0 Å². The fraction of sp³-hybridized carbons (Fsp3) is 0.500. The Balaban J connectivity index is 0.00000196. The predicted molar refractivity (Wildman–Crippen MR) is 65.7 cm³/mol. The van der Waals surface area contributed by atoms with Crippen LogP contribution in [0, 0.1) is 0 Å². The van der Waals surface area contributed by atoms with Crippen molar-refractivity contribution < 1.29 is 16.9 Å². The molecule has 0 N–H and O–H groups in total. The number of halogens is 2. The Morgan fingerprint density at radius 2 is 1.47 bits per heavy atom. The van der Waals surface area contributed by atoms with Crippen molar-refractivity contribution in [1.29, 1.82) is 0 Å². The quantitative estimate of drug-likeness (QED) is 0.534. The highest BCUT2D eigenvalue weighted by Crippen LogP contribution is 2.09.